The van der Waals surface area contributed by atoms with Crippen molar-refractivity contribution in [1.82, 2.24) is 0 Å². The van der Waals surface area contributed by atoms with E-state index in [4.69, 9.17) is 21.3 Å². The molecule has 5 N–H and O–H groups in total. The van der Waals surface area contributed by atoms with Crippen molar-refractivity contribution >= 4 is 24.6 Å². The first-order chi connectivity index (χ1) is 6.72. The summed E-state index contributed by atoms with van der Waals surface area (Å²) < 4.78 is 4.89. The Bertz CT molecular complexity index is 257. The second kappa shape index (κ2) is 5.34. The van der Waals surface area contributed by atoms with E-state index in [1.54, 1.807) is 0 Å². The van der Waals surface area contributed by atoms with Gasteiger partial charge in [0.25, 0.3) is 0 Å². The third kappa shape index (κ3) is 4.06. The molecule has 0 spiro atoms. The molecule has 0 aromatic heterocycles. The van der Waals surface area contributed by atoms with Crippen molar-refractivity contribution in [3.8, 4) is 0 Å². The summed E-state index contributed by atoms with van der Waals surface area (Å²) in [6.45, 7) is 2.82. The van der Waals surface area contributed by atoms with E-state index < -0.39 is 29.6 Å². The minimum Gasteiger partial charge on any atom is -0.480 e. The van der Waals surface area contributed by atoms with Gasteiger partial charge in [0.15, 0.2) is 0 Å². The summed E-state index contributed by atoms with van der Waals surface area (Å²) in [5.41, 5.74) is 9.41. The van der Waals surface area contributed by atoms with E-state index in [0.717, 1.165) is 0 Å². The summed E-state index contributed by atoms with van der Waals surface area (Å²) in [7, 11) is 0. The highest BCUT2D eigenvalue weighted by Crippen LogP contribution is 2.14. The van der Waals surface area contributed by atoms with Crippen molar-refractivity contribution in [1.29, 1.82) is 0 Å². The lowest BCUT2D eigenvalue weighted by Crippen LogP contribution is -2.53. The van der Waals surface area contributed by atoms with Gasteiger partial charge in [0.05, 0.1) is 0 Å². The van der Waals surface area contributed by atoms with Crippen LogP contribution in [0.15, 0.2) is 0 Å². The molecule has 15 heavy (non-hydrogen) atoms. The molecule has 7 heteroatoms. The Morgan fingerprint density at radius 2 is 1.93 bits per heavy atom. The molecule has 0 aromatic rings. The number of ether oxygens (including phenoxy) is 1. The van der Waals surface area contributed by atoms with Gasteiger partial charge < -0.3 is 21.3 Å². The van der Waals surface area contributed by atoms with Gasteiger partial charge in [-0.2, -0.15) is 12.6 Å². The van der Waals surface area contributed by atoms with Crippen LogP contribution in [-0.4, -0.2) is 40.5 Å². The number of carboxylic acids is 1. The van der Waals surface area contributed by atoms with Gasteiger partial charge in [0.2, 0.25) is 0 Å². The Kier molecular flexibility index (Phi) is 5.06. The summed E-state index contributed by atoms with van der Waals surface area (Å²) >= 11 is 3.82. The maximum absolute atomic E-state index is 11.3. The minimum atomic E-state index is -1.30. The molecule has 1 unspecified atom stereocenters. The molecule has 0 bridgehead atoms. The first-order valence-corrected chi connectivity index (χ1v) is 4.93. The van der Waals surface area contributed by atoms with Gasteiger partial charge in [0.1, 0.15) is 17.7 Å². The van der Waals surface area contributed by atoms with Crippen molar-refractivity contribution in [2.75, 3.05) is 5.75 Å². The predicted molar refractivity (Wildman–Crippen MR) is 57.6 cm³/mol. The van der Waals surface area contributed by atoms with Crippen molar-refractivity contribution in [2.24, 2.45) is 11.5 Å². The number of aliphatic carboxylic acids is 1. The van der Waals surface area contributed by atoms with Crippen LogP contribution in [0.1, 0.15) is 13.8 Å². The maximum atomic E-state index is 11.3. The van der Waals surface area contributed by atoms with Crippen molar-refractivity contribution < 1.29 is 19.4 Å². The molecule has 0 fully saturated rings. The molecule has 88 valence electrons. The first kappa shape index (κ1) is 14.2. The SMILES string of the molecule is CC(C)(OC(=O)[C@@H](N)CS)C(N)C(=O)O. The van der Waals surface area contributed by atoms with Gasteiger partial charge in [0, 0.05) is 5.75 Å². The summed E-state index contributed by atoms with van der Waals surface area (Å²) in [6.07, 6.45) is 0. The Balaban J connectivity index is 4.50. The van der Waals surface area contributed by atoms with Gasteiger partial charge >= 0.3 is 11.9 Å². The largest absolute Gasteiger partial charge is 0.480 e. The minimum absolute atomic E-state index is 0.122. The fourth-order valence-electron chi connectivity index (χ4n) is 0.770. The number of carboxylic acid groups (broad SMARTS) is 1. The zero-order valence-corrected chi connectivity index (χ0v) is 9.53. The summed E-state index contributed by atoms with van der Waals surface area (Å²) in [4.78, 5) is 21.9. The number of thiol groups is 1. The molecule has 0 rings (SSSR count). The van der Waals surface area contributed by atoms with Crippen LogP contribution in [0.5, 0.6) is 0 Å². The number of nitrogens with two attached hydrogens (primary N) is 2. The number of rotatable bonds is 5. The number of hydrogen-bond acceptors (Lipinski definition) is 6. The standard InChI is InChI=1S/C8H16N2O4S/c1-8(2,5(10)6(11)12)14-7(13)4(9)3-15/h4-5,15H,3,9-10H2,1-2H3,(H,11,12)/t4-,5?/m0/s1. The fraction of sp³-hybridized carbons (Fsp3) is 0.750. The van der Waals surface area contributed by atoms with E-state index in [2.05, 4.69) is 12.6 Å². The van der Waals surface area contributed by atoms with Crippen LogP contribution in [0.3, 0.4) is 0 Å². The second-order valence-corrected chi connectivity index (χ2v) is 3.99. The van der Waals surface area contributed by atoms with Gasteiger partial charge in [-0.25, -0.2) is 0 Å². The quantitative estimate of drug-likeness (QED) is 0.358. The monoisotopic (exact) mass is 236 g/mol. The number of hydrogen-bond donors (Lipinski definition) is 4. The van der Waals surface area contributed by atoms with Crippen molar-refractivity contribution in [2.45, 2.75) is 31.5 Å². The number of carbonyl (C=O) groups is 2. The van der Waals surface area contributed by atoms with Crippen LogP contribution in [0.4, 0.5) is 0 Å². The highest BCUT2D eigenvalue weighted by Gasteiger charge is 2.36. The summed E-state index contributed by atoms with van der Waals surface area (Å²) in [6, 6.07) is -2.18. The van der Waals surface area contributed by atoms with Crippen LogP contribution < -0.4 is 11.5 Å². The Morgan fingerprint density at radius 3 is 2.27 bits per heavy atom. The van der Waals surface area contributed by atoms with E-state index in [-0.39, 0.29) is 5.75 Å². The molecule has 0 aliphatic rings. The average molecular weight is 236 g/mol. The Hall–Kier alpha value is -0.790. The molecule has 0 heterocycles. The smallest absolute Gasteiger partial charge is 0.324 e. The molecule has 0 aromatic carbocycles. The normalized spacial score (nSPS) is 15.5. The molecule has 2 atom stereocenters. The van der Waals surface area contributed by atoms with E-state index in [1.807, 2.05) is 0 Å². The third-order valence-corrected chi connectivity index (χ3v) is 2.27. The van der Waals surface area contributed by atoms with Gasteiger partial charge in [-0.05, 0) is 13.8 Å². The Morgan fingerprint density at radius 1 is 1.47 bits per heavy atom. The molecule has 0 radical (unpaired) electrons. The van der Waals surface area contributed by atoms with Crippen LogP contribution in [-0.2, 0) is 14.3 Å². The molecular weight excluding hydrogens is 220 g/mol. The zero-order chi connectivity index (χ0) is 12.2. The lowest BCUT2D eigenvalue weighted by Gasteiger charge is -2.29. The van der Waals surface area contributed by atoms with E-state index >= 15 is 0 Å². The number of esters is 1. The highest BCUT2D eigenvalue weighted by molar-refractivity contribution is 7.80. The topological polar surface area (TPSA) is 116 Å². The number of carbonyl (C=O) groups excluding carboxylic acids is 1. The van der Waals surface area contributed by atoms with E-state index in [9.17, 15) is 9.59 Å². The van der Waals surface area contributed by atoms with Gasteiger partial charge in [-0.15, -0.1) is 0 Å². The van der Waals surface area contributed by atoms with Crippen molar-refractivity contribution in [3.63, 3.8) is 0 Å². The average Bonchev–Trinajstić information content (AvgIpc) is 2.14. The van der Waals surface area contributed by atoms with Crippen LogP contribution in [0.25, 0.3) is 0 Å². The third-order valence-electron chi connectivity index (χ3n) is 1.88. The van der Waals surface area contributed by atoms with Crippen LogP contribution in [0.2, 0.25) is 0 Å². The fourth-order valence-corrected chi connectivity index (χ4v) is 0.919. The molecule has 0 saturated carbocycles. The van der Waals surface area contributed by atoms with Gasteiger partial charge in [-0.3, -0.25) is 9.59 Å². The Labute approximate surface area is 93.4 Å². The lowest BCUT2D eigenvalue weighted by molar-refractivity contribution is -0.164. The first-order valence-electron chi connectivity index (χ1n) is 4.30. The molecule has 6 nitrogen and oxygen atoms in total. The van der Waals surface area contributed by atoms with Crippen LogP contribution >= 0.6 is 12.6 Å². The second-order valence-electron chi connectivity index (χ2n) is 3.63. The van der Waals surface area contributed by atoms with E-state index in [0.29, 0.717) is 0 Å². The van der Waals surface area contributed by atoms with Gasteiger partial charge in [-0.1, -0.05) is 0 Å². The predicted octanol–water partition coefficient (Wildman–Crippen LogP) is -1.02. The molecular formula is C8H16N2O4S. The zero-order valence-electron chi connectivity index (χ0n) is 8.64. The highest BCUT2D eigenvalue weighted by atomic mass is 32.1. The lowest BCUT2D eigenvalue weighted by atomic mass is 9.99. The summed E-state index contributed by atoms with van der Waals surface area (Å²) in [5, 5.41) is 8.66. The summed E-state index contributed by atoms with van der Waals surface area (Å²) in [5.74, 6) is -1.84. The molecule has 0 amide bonds. The molecule has 0 aliphatic carbocycles. The molecule has 0 saturated heterocycles. The van der Waals surface area contributed by atoms with Crippen LogP contribution in [0, 0.1) is 0 Å². The maximum Gasteiger partial charge on any atom is 0.324 e. The van der Waals surface area contributed by atoms with Crippen molar-refractivity contribution in [3.05, 3.63) is 0 Å². The van der Waals surface area contributed by atoms with E-state index in [1.165, 1.54) is 13.8 Å². The molecule has 0 aliphatic heterocycles.